The highest BCUT2D eigenvalue weighted by Crippen LogP contribution is 1.99. The molecule has 1 aromatic heterocycles. The average Bonchev–Trinajstić information content (AvgIpc) is 2.74. The lowest BCUT2D eigenvalue weighted by molar-refractivity contribution is -0.122. The smallest absolute Gasteiger partial charge is 0.222 e. The Morgan fingerprint density at radius 1 is 1.76 bits per heavy atom. The fourth-order valence-electron chi connectivity index (χ4n) is 1.69. The molecule has 1 fully saturated rings. The van der Waals surface area contributed by atoms with Crippen molar-refractivity contribution in [2.45, 2.75) is 19.0 Å². The second-order valence-corrected chi connectivity index (χ2v) is 4.06. The van der Waals surface area contributed by atoms with Crippen LogP contribution >= 0.6 is 0 Å². The topological polar surface area (TPSA) is 81.1 Å². The number of morpholine rings is 1. The van der Waals surface area contributed by atoms with Crippen molar-refractivity contribution < 1.29 is 9.53 Å². The van der Waals surface area contributed by atoms with Gasteiger partial charge in [-0.2, -0.15) is 0 Å². The highest BCUT2D eigenvalue weighted by Gasteiger charge is 2.16. The highest BCUT2D eigenvalue weighted by atomic mass is 16.5. The quantitative estimate of drug-likeness (QED) is 0.690. The molecule has 1 aromatic rings. The van der Waals surface area contributed by atoms with Crippen LogP contribution in [0.3, 0.4) is 0 Å². The molecule has 94 valence electrons. The van der Waals surface area contributed by atoms with Crippen LogP contribution in [0.1, 0.15) is 12.2 Å². The molecule has 2 heterocycles. The van der Waals surface area contributed by atoms with Crippen molar-refractivity contribution in [3.8, 4) is 0 Å². The number of ether oxygens (including phenoxy) is 1. The van der Waals surface area contributed by atoms with E-state index in [1.807, 2.05) is 7.05 Å². The first-order valence-electron chi connectivity index (χ1n) is 5.66. The normalized spacial score (nSPS) is 20.2. The van der Waals surface area contributed by atoms with Gasteiger partial charge in [-0.05, 0) is 0 Å². The van der Waals surface area contributed by atoms with Gasteiger partial charge in [-0.15, -0.1) is 10.2 Å². The van der Waals surface area contributed by atoms with Crippen LogP contribution in [0.5, 0.6) is 0 Å². The van der Waals surface area contributed by atoms with Crippen LogP contribution in [0.25, 0.3) is 0 Å². The zero-order valence-electron chi connectivity index (χ0n) is 9.85. The lowest BCUT2D eigenvalue weighted by Crippen LogP contribution is -2.44. The molecule has 1 saturated heterocycles. The minimum absolute atomic E-state index is 0.00370. The summed E-state index contributed by atoms with van der Waals surface area (Å²) >= 11 is 0. The molecule has 0 aromatic carbocycles. The molecule has 7 heteroatoms. The van der Waals surface area contributed by atoms with E-state index >= 15 is 0 Å². The van der Waals surface area contributed by atoms with E-state index in [1.165, 1.54) is 0 Å². The Bertz CT molecular complexity index is 373. The van der Waals surface area contributed by atoms with E-state index in [0.717, 1.165) is 19.0 Å². The third-order valence-electron chi connectivity index (χ3n) is 2.68. The SMILES string of the molecule is Cn1cnnc1CNC(=O)CC1COCCN1. The molecule has 1 aliphatic rings. The van der Waals surface area contributed by atoms with E-state index in [1.54, 1.807) is 10.9 Å². The van der Waals surface area contributed by atoms with Crippen molar-refractivity contribution in [1.82, 2.24) is 25.4 Å². The van der Waals surface area contributed by atoms with Crippen molar-refractivity contribution in [3.63, 3.8) is 0 Å². The van der Waals surface area contributed by atoms with Crippen molar-refractivity contribution in [1.29, 1.82) is 0 Å². The van der Waals surface area contributed by atoms with Gasteiger partial charge in [0.25, 0.3) is 0 Å². The molecule has 2 rings (SSSR count). The second kappa shape index (κ2) is 5.74. The van der Waals surface area contributed by atoms with Gasteiger partial charge in [-0.3, -0.25) is 4.79 Å². The first-order valence-corrected chi connectivity index (χ1v) is 5.66. The first-order chi connectivity index (χ1) is 8.25. The summed E-state index contributed by atoms with van der Waals surface area (Å²) in [6.07, 6.45) is 2.04. The zero-order valence-corrected chi connectivity index (χ0v) is 9.85. The maximum absolute atomic E-state index is 11.7. The van der Waals surface area contributed by atoms with Crippen LogP contribution in [0, 0.1) is 0 Å². The molecule has 0 saturated carbocycles. The number of nitrogens with zero attached hydrogens (tertiary/aromatic N) is 3. The Balaban J connectivity index is 1.72. The van der Waals surface area contributed by atoms with E-state index in [0.29, 0.717) is 19.6 Å². The Morgan fingerprint density at radius 2 is 2.65 bits per heavy atom. The summed E-state index contributed by atoms with van der Waals surface area (Å²) in [6.45, 7) is 2.53. The number of rotatable bonds is 4. The van der Waals surface area contributed by atoms with Gasteiger partial charge in [0.1, 0.15) is 6.33 Å². The molecule has 0 aliphatic carbocycles. The van der Waals surface area contributed by atoms with Crippen LogP contribution < -0.4 is 10.6 Å². The first kappa shape index (κ1) is 12.0. The van der Waals surface area contributed by atoms with Gasteiger partial charge in [0.2, 0.25) is 5.91 Å². The summed E-state index contributed by atoms with van der Waals surface area (Å²) in [5, 5.41) is 13.7. The maximum atomic E-state index is 11.7. The Labute approximate surface area is 99.5 Å². The van der Waals surface area contributed by atoms with Crippen molar-refractivity contribution >= 4 is 5.91 Å². The number of amides is 1. The fraction of sp³-hybridized carbons (Fsp3) is 0.700. The number of carbonyl (C=O) groups excluding carboxylic acids is 1. The largest absolute Gasteiger partial charge is 0.378 e. The van der Waals surface area contributed by atoms with E-state index in [9.17, 15) is 4.79 Å². The highest BCUT2D eigenvalue weighted by molar-refractivity contribution is 5.76. The molecule has 1 aliphatic heterocycles. The third-order valence-corrected chi connectivity index (χ3v) is 2.68. The van der Waals surface area contributed by atoms with Crippen LogP contribution in [-0.2, 0) is 23.1 Å². The minimum atomic E-state index is -0.00370. The number of hydrogen-bond acceptors (Lipinski definition) is 5. The van der Waals surface area contributed by atoms with Crippen molar-refractivity contribution in [2.24, 2.45) is 7.05 Å². The lowest BCUT2D eigenvalue weighted by atomic mass is 10.2. The Kier molecular flexibility index (Phi) is 4.05. The standard InChI is InChI=1S/C10H17N5O2/c1-15-7-13-14-9(15)5-12-10(16)4-8-6-17-3-2-11-8/h7-8,11H,2-6H2,1H3,(H,12,16). The van der Waals surface area contributed by atoms with Gasteiger partial charge in [-0.1, -0.05) is 0 Å². The molecule has 1 unspecified atom stereocenters. The predicted molar refractivity (Wildman–Crippen MR) is 60.1 cm³/mol. The van der Waals surface area contributed by atoms with Gasteiger partial charge < -0.3 is 19.9 Å². The van der Waals surface area contributed by atoms with Crippen LogP contribution in [-0.4, -0.2) is 46.5 Å². The van der Waals surface area contributed by atoms with Gasteiger partial charge in [0.05, 0.1) is 19.8 Å². The molecular formula is C10H17N5O2. The number of nitrogens with one attached hydrogen (secondary N) is 2. The number of aromatic nitrogens is 3. The predicted octanol–water partition coefficient (Wildman–Crippen LogP) is -1.19. The van der Waals surface area contributed by atoms with Gasteiger partial charge >= 0.3 is 0 Å². The molecule has 7 nitrogen and oxygen atoms in total. The van der Waals surface area contributed by atoms with E-state index in [-0.39, 0.29) is 11.9 Å². The van der Waals surface area contributed by atoms with Gasteiger partial charge in [0, 0.05) is 26.1 Å². The maximum Gasteiger partial charge on any atom is 0.222 e. The monoisotopic (exact) mass is 239 g/mol. The Morgan fingerprint density at radius 3 is 3.29 bits per heavy atom. The summed E-state index contributed by atoms with van der Waals surface area (Å²) in [5.74, 6) is 0.738. The summed E-state index contributed by atoms with van der Waals surface area (Å²) in [6, 6.07) is 0.114. The third kappa shape index (κ3) is 3.50. The second-order valence-electron chi connectivity index (χ2n) is 4.06. The van der Waals surface area contributed by atoms with Gasteiger partial charge in [-0.25, -0.2) is 0 Å². The van der Waals surface area contributed by atoms with E-state index < -0.39 is 0 Å². The van der Waals surface area contributed by atoms with Gasteiger partial charge in [0.15, 0.2) is 5.82 Å². The van der Waals surface area contributed by atoms with E-state index in [2.05, 4.69) is 20.8 Å². The number of aryl methyl sites for hydroxylation is 1. The van der Waals surface area contributed by atoms with Crippen LogP contribution in [0.4, 0.5) is 0 Å². The molecule has 1 atom stereocenters. The molecule has 0 radical (unpaired) electrons. The Hall–Kier alpha value is -1.47. The molecule has 0 bridgehead atoms. The summed E-state index contributed by atoms with van der Waals surface area (Å²) < 4.78 is 7.06. The molecule has 2 N–H and O–H groups in total. The molecule has 1 amide bonds. The molecule has 0 spiro atoms. The summed E-state index contributed by atoms with van der Waals surface area (Å²) in [7, 11) is 1.85. The van der Waals surface area contributed by atoms with Crippen LogP contribution in [0.15, 0.2) is 6.33 Å². The lowest BCUT2D eigenvalue weighted by Gasteiger charge is -2.23. The molecular weight excluding hydrogens is 222 g/mol. The fourth-order valence-corrected chi connectivity index (χ4v) is 1.69. The molecule has 17 heavy (non-hydrogen) atoms. The summed E-state index contributed by atoms with van der Waals surface area (Å²) in [4.78, 5) is 11.7. The minimum Gasteiger partial charge on any atom is -0.378 e. The summed E-state index contributed by atoms with van der Waals surface area (Å²) in [5.41, 5.74) is 0. The number of carbonyl (C=O) groups is 1. The van der Waals surface area contributed by atoms with Crippen molar-refractivity contribution in [2.75, 3.05) is 19.8 Å². The zero-order chi connectivity index (χ0) is 12.1. The number of hydrogen-bond donors (Lipinski definition) is 2. The van der Waals surface area contributed by atoms with Crippen LogP contribution in [0.2, 0.25) is 0 Å². The van der Waals surface area contributed by atoms with Crippen molar-refractivity contribution in [3.05, 3.63) is 12.2 Å². The average molecular weight is 239 g/mol. The van der Waals surface area contributed by atoms with E-state index in [4.69, 9.17) is 4.74 Å².